The van der Waals surface area contributed by atoms with E-state index in [1.54, 1.807) is 30.9 Å². The van der Waals surface area contributed by atoms with E-state index in [-0.39, 0.29) is 48.6 Å². The number of piperazine rings is 1. The lowest BCUT2D eigenvalue weighted by atomic mass is 10.0. The number of ether oxygens (including phenoxy) is 1. The summed E-state index contributed by atoms with van der Waals surface area (Å²) in [5.41, 5.74) is -2.34. The molecule has 3 N–H and O–H groups in total. The Hall–Kier alpha value is -5.45. The van der Waals surface area contributed by atoms with Crippen LogP contribution in [-0.2, 0) is 31.8 Å². The maximum atomic E-state index is 14.4. The summed E-state index contributed by atoms with van der Waals surface area (Å²) in [7, 11) is 0. The van der Waals surface area contributed by atoms with Crippen molar-refractivity contribution < 1.29 is 41.5 Å². The van der Waals surface area contributed by atoms with Gasteiger partial charge in [-0.15, -0.1) is 12.6 Å². The Morgan fingerprint density at radius 3 is 2.53 bits per heavy atom. The Balaban J connectivity index is 1.02. The van der Waals surface area contributed by atoms with Gasteiger partial charge in [-0.25, -0.2) is 9.37 Å². The molecule has 4 amide bonds. The van der Waals surface area contributed by atoms with Crippen molar-refractivity contribution in [3.63, 3.8) is 0 Å². The van der Waals surface area contributed by atoms with Crippen molar-refractivity contribution in [1.29, 1.82) is 5.26 Å². The fourth-order valence-electron chi connectivity index (χ4n) is 7.59. The first kappa shape index (κ1) is 43.1. The zero-order chi connectivity index (χ0) is 42.8. The number of anilines is 4. The van der Waals surface area contributed by atoms with E-state index in [0.717, 1.165) is 22.7 Å². The van der Waals surface area contributed by atoms with Crippen LogP contribution >= 0.6 is 12.6 Å². The second-order valence-electron chi connectivity index (χ2n) is 15.2. The van der Waals surface area contributed by atoms with Crippen molar-refractivity contribution in [2.45, 2.75) is 76.3 Å². The summed E-state index contributed by atoms with van der Waals surface area (Å²) in [6.07, 6.45) is -2.75. The lowest BCUT2D eigenvalue weighted by Crippen LogP contribution is -2.54. The molecular formula is C40H45F4N9O5S. The topological polar surface area (TPSA) is 163 Å². The number of pyridine rings is 1. The standard InChI is InChI=1S/C40H45F4N9O5S/c1-5-24-14-28(53-38(59)52(37(57)39(53,3)4)29-18-30(40(42,43)44)32(19-45)46-20-29)6-8-33(24)58-13-12-50-10-11-51(23(2)21-50)22-35(55)48-27-16-25(41)15-26(17-27)47-31-7-9-34(54)49-36(31)56/h6,8,14-18,20,23,31,38,47,59H,5,7,9-13,21-22H2,1-4H3,(H,48,55)(H,49,54,56)/t23-,31?,38+/m1/s1. The summed E-state index contributed by atoms with van der Waals surface area (Å²) in [5, 5.41) is 17.1. The second-order valence-corrected chi connectivity index (χ2v) is 15.7. The number of carbonyl (C=O) groups excluding carboxylic acids is 4. The fraction of sp³-hybridized carbons (Fsp3) is 0.450. The highest BCUT2D eigenvalue weighted by atomic mass is 32.1. The molecule has 3 fully saturated rings. The summed E-state index contributed by atoms with van der Waals surface area (Å²) in [5.74, 6) is -1.61. The molecule has 59 heavy (non-hydrogen) atoms. The van der Waals surface area contributed by atoms with E-state index in [1.165, 1.54) is 24.3 Å². The van der Waals surface area contributed by atoms with Crippen molar-refractivity contribution in [2.75, 3.05) is 59.8 Å². The van der Waals surface area contributed by atoms with E-state index >= 15 is 0 Å². The number of piperidine rings is 1. The number of amides is 4. The maximum absolute atomic E-state index is 14.4. The largest absolute Gasteiger partial charge is 0.492 e. The van der Waals surface area contributed by atoms with Crippen molar-refractivity contribution in [3.8, 4) is 11.8 Å². The average Bonchev–Trinajstić information content (AvgIpc) is 3.34. The SMILES string of the molecule is CCc1cc(N2[C@@H](S)N(c3cnc(C#N)c(C(F)(F)F)c3)C(=O)C2(C)C)ccc1OCCN1CCN(CC(=O)Nc2cc(F)cc(NC3CCC(=O)NC3=O)c2)[C@H](C)C1. The van der Waals surface area contributed by atoms with Crippen LogP contribution in [0.25, 0.3) is 0 Å². The van der Waals surface area contributed by atoms with Gasteiger partial charge in [0.2, 0.25) is 17.7 Å². The van der Waals surface area contributed by atoms with Crippen LogP contribution in [0, 0.1) is 17.1 Å². The Bertz CT molecular complexity index is 2170. The number of nitriles is 1. The first-order valence-electron chi connectivity index (χ1n) is 19.1. The third kappa shape index (κ3) is 9.55. The predicted molar refractivity (Wildman–Crippen MR) is 214 cm³/mol. The highest BCUT2D eigenvalue weighted by Crippen LogP contribution is 2.43. The van der Waals surface area contributed by atoms with Crippen LogP contribution in [0.1, 0.15) is 57.4 Å². The summed E-state index contributed by atoms with van der Waals surface area (Å²) in [4.78, 5) is 61.1. The highest BCUT2D eigenvalue weighted by molar-refractivity contribution is 7.81. The lowest BCUT2D eigenvalue weighted by molar-refractivity contribution is -0.138. The van der Waals surface area contributed by atoms with Gasteiger partial charge in [0.15, 0.2) is 11.2 Å². The summed E-state index contributed by atoms with van der Waals surface area (Å²) < 4.78 is 61.9. The molecule has 3 atom stereocenters. The number of imide groups is 1. The number of nitrogens with one attached hydrogen (secondary N) is 3. The van der Waals surface area contributed by atoms with Crippen LogP contribution in [0.2, 0.25) is 0 Å². The van der Waals surface area contributed by atoms with Gasteiger partial charge in [-0.2, -0.15) is 18.4 Å². The van der Waals surface area contributed by atoms with Gasteiger partial charge in [0, 0.05) is 55.7 Å². The Labute approximate surface area is 344 Å². The van der Waals surface area contributed by atoms with E-state index in [0.29, 0.717) is 56.3 Å². The molecule has 314 valence electrons. The van der Waals surface area contributed by atoms with E-state index in [4.69, 9.17) is 4.74 Å². The molecule has 0 radical (unpaired) electrons. The second kappa shape index (κ2) is 17.4. The number of alkyl halides is 3. The molecule has 4 heterocycles. The first-order chi connectivity index (χ1) is 27.9. The van der Waals surface area contributed by atoms with Gasteiger partial charge >= 0.3 is 6.18 Å². The number of hydrogen-bond acceptors (Lipinski definition) is 12. The molecule has 0 saturated carbocycles. The fourth-order valence-corrected chi connectivity index (χ4v) is 8.25. The third-order valence-electron chi connectivity index (χ3n) is 10.7. The smallest absolute Gasteiger partial charge is 0.419 e. The van der Waals surface area contributed by atoms with Crippen molar-refractivity contribution in [1.82, 2.24) is 20.1 Å². The molecule has 0 bridgehead atoms. The minimum absolute atomic E-state index is 0.0256. The number of halogens is 4. The van der Waals surface area contributed by atoms with Gasteiger partial charge in [0.25, 0.3) is 5.91 Å². The number of benzene rings is 2. The van der Waals surface area contributed by atoms with Crippen LogP contribution in [0.15, 0.2) is 48.7 Å². The number of carbonyl (C=O) groups is 4. The molecule has 0 spiro atoms. The molecule has 1 aromatic heterocycles. The van der Waals surface area contributed by atoms with Crippen LogP contribution in [0.5, 0.6) is 5.75 Å². The number of aromatic nitrogens is 1. The van der Waals surface area contributed by atoms with Gasteiger partial charge < -0.3 is 20.3 Å². The Morgan fingerprint density at radius 1 is 1.10 bits per heavy atom. The van der Waals surface area contributed by atoms with Crippen LogP contribution in [-0.4, -0.2) is 101 Å². The zero-order valence-corrected chi connectivity index (χ0v) is 33.8. The molecule has 3 aromatic rings. The average molecular weight is 840 g/mol. The van der Waals surface area contributed by atoms with Crippen LogP contribution in [0.4, 0.5) is 40.3 Å². The van der Waals surface area contributed by atoms with E-state index in [2.05, 4.69) is 38.5 Å². The minimum Gasteiger partial charge on any atom is -0.492 e. The molecule has 3 aliphatic heterocycles. The normalized spacial score (nSPS) is 21.3. The molecule has 0 aliphatic carbocycles. The van der Waals surface area contributed by atoms with Gasteiger partial charge in [-0.1, -0.05) is 6.92 Å². The van der Waals surface area contributed by atoms with Crippen molar-refractivity contribution in [2.24, 2.45) is 0 Å². The zero-order valence-electron chi connectivity index (χ0n) is 32.9. The Kier molecular flexibility index (Phi) is 12.7. The van der Waals surface area contributed by atoms with Gasteiger partial charge in [-0.05, 0) is 81.6 Å². The molecule has 2 aromatic carbocycles. The number of rotatable bonds is 12. The Morgan fingerprint density at radius 2 is 1.85 bits per heavy atom. The molecule has 3 aliphatic rings. The summed E-state index contributed by atoms with van der Waals surface area (Å²) in [6.45, 7) is 10.3. The number of aryl methyl sites for hydroxylation is 1. The highest BCUT2D eigenvalue weighted by Gasteiger charge is 2.52. The third-order valence-corrected chi connectivity index (χ3v) is 11.2. The predicted octanol–water partition coefficient (Wildman–Crippen LogP) is 4.76. The summed E-state index contributed by atoms with van der Waals surface area (Å²) in [6, 6.07) is 10.9. The molecule has 3 saturated heterocycles. The van der Waals surface area contributed by atoms with Crippen LogP contribution in [0.3, 0.4) is 0 Å². The monoisotopic (exact) mass is 839 g/mol. The van der Waals surface area contributed by atoms with E-state index < -0.39 is 52.1 Å². The number of thiol groups is 1. The molecular weight excluding hydrogens is 795 g/mol. The van der Waals surface area contributed by atoms with E-state index in [1.807, 2.05) is 24.8 Å². The summed E-state index contributed by atoms with van der Waals surface area (Å²) >= 11 is 4.68. The molecule has 1 unspecified atom stereocenters. The van der Waals surface area contributed by atoms with Gasteiger partial charge in [0.1, 0.15) is 35.8 Å². The lowest BCUT2D eigenvalue weighted by Gasteiger charge is -2.39. The van der Waals surface area contributed by atoms with Crippen molar-refractivity contribution in [3.05, 3.63) is 71.3 Å². The van der Waals surface area contributed by atoms with E-state index in [9.17, 15) is 42.0 Å². The van der Waals surface area contributed by atoms with Gasteiger partial charge in [-0.3, -0.25) is 39.2 Å². The molecule has 6 rings (SSSR count). The molecule has 14 nitrogen and oxygen atoms in total. The maximum Gasteiger partial charge on any atom is 0.419 e. The minimum atomic E-state index is -4.85. The van der Waals surface area contributed by atoms with Gasteiger partial charge in [0.05, 0.1) is 24.0 Å². The molecule has 19 heteroatoms. The first-order valence-corrected chi connectivity index (χ1v) is 19.6. The van der Waals surface area contributed by atoms with Crippen molar-refractivity contribution >= 4 is 59.0 Å². The van der Waals surface area contributed by atoms with Crippen LogP contribution < -0.4 is 30.5 Å². The number of nitrogens with zero attached hydrogens (tertiary/aromatic N) is 6. The number of hydrogen-bond donors (Lipinski definition) is 4. The quantitative estimate of drug-likeness (QED) is 0.113.